The summed E-state index contributed by atoms with van der Waals surface area (Å²) >= 11 is 0. The number of rotatable bonds is 8. The van der Waals surface area contributed by atoms with Crippen molar-refractivity contribution < 1.29 is 8.42 Å². The first-order valence-corrected chi connectivity index (χ1v) is 12.8. The lowest BCUT2D eigenvalue weighted by Crippen LogP contribution is -2.33. The van der Waals surface area contributed by atoms with Crippen LogP contribution in [0.15, 0.2) is 39.9 Å². The molecule has 1 fully saturated rings. The van der Waals surface area contributed by atoms with Gasteiger partial charge in [0.1, 0.15) is 5.82 Å². The van der Waals surface area contributed by atoms with Gasteiger partial charge in [-0.2, -0.15) is 0 Å². The third-order valence-corrected chi connectivity index (χ3v) is 7.86. The molecule has 0 aliphatic carbocycles. The minimum Gasteiger partial charge on any atom is -0.321 e. The molecular formula is C22H29N5O4S. The molecule has 0 radical (unpaired) electrons. The Bertz CT molecular complexity index is 1320. The first-order chi connectivity index (χ1) is 15.3. The van der Waals surface area contributed by atoms with Gasteiger partial charge >= 0.3 is 5.69 Å². The van der Waals surface area contributed by atoms with E-state index in [2.05, 4.69) is 11.9 Å². The fourth-order valence-corrected chi connectivity index (χ4v) is 6.09. The third-order valence-electron chi connectivity index (χ3n) is 6.11. The highest BCUT2D eigenvalue weighted by molar-refractivity contribution is 7.91. The molecule has 3 heterocycles. The molecule has 172 valence electrons. The van der Waals surface area contributed by atoms with Gasteiger partial charge in [-0.05, 0) is 25.5 Å². The molecule has 10 heteroatoms. The van der Waals surface area contributed by atoms with Crippen LogP contribution in [0.4, 0.5) is 0 Å². The normalized spacial score (nSPS) is 18.0. The van der Waals surface area contributed by atoms with Crippen LogP contribution in [-0.2, 0) is 29.5 Å². The van der Waals surface area contributed by atoms with Gasteiger partial charge < -0.3 is 4.57 Å². The monoisotopic (exact) mass is 459 g/mol. The Morgan fingerprint density at radius 3 is 2.59 bits per heavy atom. The summed E-state index contributed by atoms with van der Waals surface area (Å²) in [6, 6.07) is 9.48. The molecule has 1 aliphatic rings. The topological polar surface area (TPSA) is 110 Å². The number of aromatic amines is 1. The number of fused-ring (bicyclic) bond motifs is 1. The van der Waals surface area contributed by atoms with Crippen molar-refractivity contribution in [2.45, 2.75) is 51.9 Å². The van der Waals surface area contributed by atoms with Gasteiger partial charge in [0.2, 0.25) is 0 Å². The number of sulfone groups is 1. The number of aryl methyl sites for hydroxylation is 1. The first kappa shape index (κ1) is 22.5. The highest BCUT2D eigenvalue weighted by Crippen LogP contribution is 2.20. The summed E-state index contributed by atoms with van der Waals surface area (Å²) in [4.78, 5) is 34.7. The Balaban J connectivity index is 1.78. The lowest BCUT2D eigenvalue weighted by molar-refractivity contribution is 0.244. The fourth-order valence-electron chi connectivity index (χ4n) is 4.28. The highest BCUT2D eigenvalue weighted by Gasteiger charge is 2.31. The molecule has 1 N–H and O–H groups in total. The van der Waals surface area contributed by atoms with Crippen LogP contribution in [0, 0.1) is 0 Å². The van der Waals surface area contributed by atoms with Crippen LogP contribution in [0.2, 0.25) is 0 Å². The number of unbranched alkanes of at least 4 members (excludes halogenated alkanes) is 1. The van der Waals surface area contributed by atoms with Crippen molar-refractivity contribution in [2.75, 3.05) is 18.6 Å². The Labute approximate surface area is 186 Å². The summed E-state index contributed by atoms with van der Waals surface area (Å²) in [6.45, 7) is 3.38. The van der Waals surface area contributed by atoms with Crippen LogP contribution in [-0.4, -0.2) is 57.0 Å². The number of aromatic nitrogens is 4. The van der Waals surface area contributed by atoms with E-state index in [0.29, 0.717) is 43.0 Å². The average molecular weight is 460 g/mol. The van der Waals surface area contributed by atoms with Crippen molar-refractivity contribution in [2.24, 2.45) is 0 Å². The molecule has 1 aliphatic heterocycles. The van der Waals surface area contributed by atoms with E-state index in [9.17, 15) is 18.0 Å². The maximum Gasteiger partial charge on any atom is 0.330 e. The zero-order valence-electron chi connectivity index (χ0n) is 18.5. The van der Waals surface area contributed by atoms with E-state index in [0.717, 1.165) is 18.4 Å². The van der Waals surface area contributed by atoms with Crippen molar-refractivity contribution >= 4 is 21.0 Å². The second kappa shape index (κ2) is 9.03. The molecule has 4 rings (SSSR count). The summed E-state index contributed by atoms with van der Waals surface area (Å²) in [5, 5.41) is 0. The maximum absolute atomic E-state index is 12.8. The second-order valence-electron chi connectivity index (χ2n) is 8.51. The molecule has 2 aromatic heterocycles. The van der Waals surface area contributed by atoms with Crippen molar-refractivity contribution in [3.8, 4) is 0 Å². The lowest BCUT2D eigenvalue weighted by Gasteiger charge is -2.23. The van der Waals surface area contributed by atoms with Crippen LogP contribution in [0.1, 0.15) is 37.6 Å². The Morgan fingerprint density at radius 2 is 1.94 bits per heavy atom. The van der Waals surface area contributed by atoms with Crippen LogP contribution in [0.5, 0.6) is 0 Å². The van der Waals surface area contributed by atoms with Gasteiger partial charge in [0.15, 0.2) is 21.0 Å². The molecule has 0 amide bonds. The minimum absolute atomic E-state index is 0.0794. The van der Waals surface area contributed by atoms with Gasteiger partial charge in [-0.3, -0.25) is 19.2 Å². The average Bonchev–Trinajstić information content (AvgIpc) is 3.30. The number of hydrogen-bond donors (Lipinski definition) is 1. The van der Waals surface area contributed by atoms with Crippen LogP contribution in [0.25, 0.3) is 11.2 Å². The van der Waals surface area contributed by atoms with Gasteiger partial charge in [-0.25, -0.2) is 18.2 Å². The van der Waals surface area contributed by atoms with E-state index in [1.165, 1.54) is 4.57 Å². The first-order valence-electron chi connectivity index (χ1n) is 11.0. The minimum atomic E-state index is -3.00. The van der Waals surface area contributed by atoms with Crippen molar-refractivity contribution in [1.82, 2.24) is 24.0 Å². The zero-order chi connectivity index (χ0) is 22.9. The maximum atomic E-state index is 12.8. The molecule has 0 saturated carbocycles. The van der Waals surface area contributed by atoms with E-state index < -0.39 is 21.1 Å². The molecule has 32 heavy (non-hydrogen) atoms. The van der Waals surface area contributed by atoms with Crippen molar-refractivity contribution in [1.29, 1.82) is 0 Å². The van der Waals surface area contributed by atoms with Crippen LogP contribution < -0.4 is 11.2 Å². The predicted octanol–water partition coefficient (Wildman–Crippen LogP) is 1.35. The van der Waals surface area contributed by atoms with E-state index >= 15 is 0 Å². The Hall–Kier alpha value is -2.72. The molecule has 1 saturated heterocycles. The van der Waals surface area contributed by atoms with Gasteiger partial charge in [-0.15, -0.1) is 0 Å². The van der Waals surface area contributed by atoms with E-state index in [4.69, 9.17) is 4.98 Å². The fraction of sp³-hybridized carbons (Fsp3) is 0.500. The third kappa shape index (κ3) is 4.56. The quantitative estimate of drug-likeness (QED) is 0.545. The van der Waals surface area contributed by atoms with E-state index in [-0.39, 0.29) is 17.5 Å². The molecule has 1 atom stereocenters. The second-order valence-corrected chi connectivity index (χ2v) is 10.7. The molecule has 1 aromatic carbocycles. The summed E-state index contributed by atoms with van der Waals surface area (Å²) < 4.78 is 27.2. The molecular weight excluding hydrogens is 430 g/mol. The Morgan fingerprint density at radius 1 is 1.19 bits per heavy atom. The molecule has 0 bridgehead atoms. The van der Waals surface area contributed by atoms with E-state index in [1.807, 2.05) is 46.8 Å². The SMILES string of the molecule is CCCCn1c(CN(C)[C@@H]2CCS(=O)(=O)C2)nc2c1c(=O)[nH]c(=O)n2Cc1ccccc1. The Kier molecular flexibility index (Phi) is 6.34. The van der Waals surface area contributed by atoms with Gasteiger partial charge in [0.05, 0.1) is 24.6 Å². The molecule has 9 nitrogen and oxygen atoms in total. The standard InChI is InChI=1S/C22H29N5O4S/c1-3-4-11-26-18(14-25(2)17-10-12-32(30,31)15-17)23-20-19(26)21(28)24-22(29)27(20)13-16-8-6-5-7-9-16/h5-9,17H,3-4,10-15H2,1-2H3,(H,24,28,29)/t17-/m1/s1. The van der Waals surface area contributed by atoms with Crippen molar-refractivity contribution in [3.63, 3.8) is 0 Å². The smallest absolute Gasteiger partial charge is 0.321 e. The number of imidazole rings is 1. The zero-order valence-corrected chi connectivity index (χ0v) is 19.3. The van der Waals surface area contributed by atoms with Crippen molar-refractivity contribution in [3.05, 3.63) is 62.6 Å². The van der Waals surface area contributed by atoms with Crippen LogP contribution >= 0.6 is 0 Å². The highest BCUT2D eigenvalue weighted by atomic mass is 32.2. The molecule has 0 spiro atoms. The number of H-pyrrole nitrogens is 1. The van der Waals surface area contributed by atoms with Gasteiger partial charge in [-0.1, -0.05) is 43.7 Å². The number of benzene rings is 1. The van der Waals surface area contributed by atoms with Gasteiger partial charge in [0.25, 0.3) is 5.56 Å². The largest absolute Gasteiger partial charge is 0.330 e. The summed E-state index contributed by atoms with van der Waals surface area (Å²) in [5.41, 5.74) is 0.738. The summed E-state index contributed by atoms with van der Waals surface area (Å²) in [7, 11) is -1.12. The van der Waals surface area contributed by atoms with Crippen LogP contribution in [0.3, 0.4) is 0 Å². The number of hydrogen-bond acceptors (Lipinski definition) is 6. The molecule has 3 aromatic rings. The number of nitrogens with one attached hydrogen (secondary N) is 1. The molecule has 0 unspecified atom stereocenters. The van der Waals surface area contributed by atoms with E-state index in [1.54, 1.807) is 0 Å². The lowest BCUT2D eigenvalue weighted by atomic mass is 10.2. The predicted molar refractivity (Wildman–Crippen MR) is 124 cm³/mol. The number of nitrogens with zero attached hydrogens (tertiary/aromatic N) is 4. The summed E-state index contributed by atoms with van der Waals surface area (Å²) in [5.74, 6) is 1.00. The summed E-state index contributed by atoms with van der Waals surface area (Å²) in [6.07, 6.45) is 2.39. The van der Waals surface area contributed by atoms with Gasteiger partial charge in [0, 0.05) is 12.6 Å².